The summed E-state index contributed by atoms with van der Waals surface area (Å²) >= 11 is 0. The topological polar surface area (TPSA) is 49.3 Å². The fourth-order valence-corrected chi connectivity index (χ4v) is 3.18. The number of rotatable bonds is 6. The highest BCUT2D eigenvalue weighted by molar-refractivity contribution is 6.05. The number of anilines is 1. The number of hydrogen-bond acceptors (Lipinski definition) is 3. The number of phenols is 1. The third-order valence-corrected chi connectivity index (χ3v) is 4.40. The van der Waals surface area contributed by atoms with Crippen LogP contribution in [0.4, 0.5) is 5.69 Å². The molecule has 0 saturated heterocycles. The van der Waals surface area contributed by atoms with Gasteiger partial charge in [0, 0.05) is 18.7 Å². The lowest BCUT2D eigenvalue weighted by atomic mass is 9.96. The van der Waals surface area contributed by atoms with Gasteiger partial charge in [0.25, 0.3) is 0 Å². The second-order valence-corrected chi connectivity index (χ2v) is 6.18. The van der Waals surface area contributed by atoms with Gasteiger partial charge < -0.3 is 10.4 Å². The second-order valence-electron chi connectivity index (χ2n) is 6.18. The number of ketones is 1. The molecule has 0 amide bonds. The number of carbonyl (C=O) groups is 1. The van der Waals surface area contributed by atoms with Crippen molar-refractivity contribution in [2.45, 2.75) is 38.5 Å². The molecule has 1 aliphatic rings. The van der Waals surface area contributed by atoms with Gasteiger partial charge in [0.05, 0.1) is 5.56 Å². The first-order valence-corrected chi connectivity index (χ1v) is 8.41. The number of aromatic hydroxyl groups is 1. The highest BCUT2D eigenvalue weighted by Gasteiger charge is 2.21. The van der Waals surface area contributed by atoms with Gasteiger partial charge in [-0.3, -0.25) is 4.79 Å². The first kappa shape index (κ1) is 15.6. The lowest BCUT2D eigenvalue weighted by Crippen LogP contribution is -2.18. The number of carbonyl (C=O) groups excluding carboxylic acids is 1. The number of phenolic OH excluding ortho intramolecular Hbond substituents is 1. The van der Waals surface area contributed by atoms with Gasteiger partial charge >= 0.3 is 0 Å². The fourth-order valence-electron chi connectivity index (χ4n) is 3.18. The van der Waals surface area contributed by atoms with Crippen molar-refractivity contribution in [1.82, 2.24) is 0 Å². The molecular formula is C20H23NO2. The minimum Gasteiger partial charge on any atom is -0.507 e. The first-order chi connectivity index (χ1) is 11.2. The number of unbranched alkanes of at least 4 members (excludes halogenated alkanes) is 2. The highest BCUT2D eigenvalue weighted by Crippen LogP contribution is 2.32. The molecule has 0 fully saturated rings. The van der Waals surface area contributed by atoms with Crippen molar-refractivity contribution in [3.63, 3.8) is 0 Å². The quantitative estimate of drug-likeness (QED) is 0.780. The summed E-state index contributed by atoms with van der Waals surface area (Å²) in [6, 6.07) is 14.3. The Hall–Kier alpha value is -2.29. The standard InChI is InChI=1S/C20H23NO2/c22-18-11-12-21-17-13-16(14-19(23)20(17)18)10-6-2-5-9-15-7-3-1-4-8-15/h1,3-4,7-8,13-14,21,23H,2,5-6,9-12H2. The molecule has 2 aromatic carbocycles. The number of Topliss-reactive ketones (excluding diaryl/α,β-unsaturated/α-hetero) is 1. The summed E-state index contributed by atoms with van der Waals surface area (Å²) in [5.74, 6) is 0.157. The summed E-state index contributed by atoms with van der Waals surface area (Å²) in [5.41, 5.74) is 3.74. The molecule has 0 spiro atoms. The van der Waals surface area contributed by atoms with E-state index in [1.165, 1.54) is 18.4 Å². The third-order valence-electron chi connectivity index (χ3n) is 4.40. The van der Waals surface area contributed by atoms with Gasteiger partial charge in [-0.05, 0) is 48.9 Å². The molecule has 3 nitrogen and oxygen atoms in total. The van der Waals surface area contributed by atoms with Crippen LogP contribution in [-0.2, 0) is 12.8 Å². The Morgan fingerprint density at radius 2 is 1.70 bits per heavy atom. The average molecular weight is 309 g/mol. The summed E-state index contributed by atoms with van der Waals surface area (Å²) in [5, 5.41) is 13.3. The van der Waals surface area contributed by atoms with Gasteiger partial charge in [0.15, 0.2) is 5.78 Å². The molecule has 120 valence electrons. The normalized spacial score (nSPS) is 13.5. The predicted molar refractivity (Wildman–Crippen MR) is 93.2 cm³/mol. The van der Waals surface area contributed by atoms with Gasteiger partial charge in [-0.25, -0.2) is 0 Å². The summed E-state index contributed by atoms with van der Waals surface area (Å²) in [6.45, 7) is 0.659. The van der Waals surface area contributed by atoms with E-state index < -0.39 is 0 Å². The Labute approximate surface area is 137 Å². The van der Waals surface area contributed by atoms with Crippen LogP contribution in [0.25, 0.3) is 0 Å². The molecule has 3 rings (SSSR count). The van der Waals surface area contributed by atoms with Crippen LogP contribution in [0.15, 0.2) is 42.5 Å². The highest BCUT2D eigenvalue weighted by atomic mass is 16.3. The Bertz CT molecular complexity index is 680. The molecule has 3 heteroatoms. The van der Waals surface area contributed by atoms with E-state index in [2.05, 4.69) is 29.6 Å². The summed E-state index contributed by atoms with van der Waals surface area (Å²) in [6.07, 6.45) is 5.95. The molecule has 0 aliphatic carbocycles. The largest absolute Gasteiger partial charge is 0.507 e. The van der Waals surface area contributed by atoms with Gasteiger partial charge in [0.1, 0.15) is 5.75 Å². The maximum Gasteiger partial charge on any atom is 0.170 e. The number of benzene rings is 2. The van der Waals surface area contributed by atoms with Crippen molar-refractivity contribution in [2.75, 3.05) is 11.9 Å². The van der Waals surface area contributed by atoms with Crippen LogP contribution in [0, 0.1) is 0 Å². The van der Waals surface area contributed by atoms with Gasteiger partial charge in [-0.15, -0.1) is 0 Å². The Kier molecular flexibility index (Phi) is 4.96. The summed E-state index contributed by atoms with van der Waals surface area (Å²) < 4.78 is 0. The van der Waals surface area contributed by atoms with E-state index in [9.17, 15) is 9.90 Å². The minimum absolute atomic E-state index is 0.0330. The van der Waals surface area contributed by atoms with E-state index in [1.807, 2.05) is 12.1 Å². The first-order valence-electron chi connectivity index (χ1n) is 8.41. The summed E-state index contributed by atoms with van der Waals surface area (Å²) in [7, 11) is 0. The summed E-state index contributed by atoms with van der Waals surface area (Å²) in [4.78, 5) is 11.9. The van der Waals surface area contributed by atoms with Gasteiger partial charge in [-0.2, -0.15) is 0 Å². The molecule has 0 saturated carbocycles. The lowest BCUT2D eigenvalue weighted by Gasteiger charge is -2.19. The lowest BCUT2D eigenvalue weighted by molar-refractivity contribution is 0.0981. The molecule has 0 radical (unpaired) electrons. The zero-order valence-corrected chi connectivity index (χ0v) is 13.3. The van der Waals surface area contributed by atoms with E-state index in [4.69, 9.17) is 0 Å². The molecule has 2 N–H and O–H groups in total. The van der Waals surface area contributed by atoms with Crippen LogP contribution in [0.2, 0.25) is 0 Å². The zero-order valence-electron chi connectivity index (χ0n) is 13.3. The smallest absolute Gasteiger partial charge is 0.170 e. The molecular weight excluding hydrogens is 286 g/mol. The van der Waals surface area contributed by atoms with Crippen molar-refractivity contribution >= 4 is 11.5 Å². The third kappa shape index (κ3) is 3.92. The Balaban J connectivity index is 1.51. The van der Waals surface area contributed by atoms with Gasteiger partial charge in [-0.1, -0.05) is 36.8 Å². The molecule has 0 unspecified atom stereocenters. The Morgan fingerprint density at radius 3 is 2.48 bits per heavy atom. The Morgan fingerprint density at radius 1 is 0.957 bits per heavy atom. The van der Waals surface area contributed by atoms with E-state index >= 15 is 0 Å². The van der Waals surface area contributed by atoms with Crippen LogP contribution in [0.3, 0.4) is 0 Å². The molecule has 2 aromatic rings. The van der Waals surface area contributed by atoms with Crippen LogP contribution in [0.5, 0.6) is 5.75 Å². The van der Waals surface area contributed by atoms with Crippen molar-refractivity contribution in [2.24, 2.45) is 0 Å². The number of nitrogens with one attached hydrogen (secondary N) is 1. The number of hydrogen-bond donors (Lipinski definition) is 2. The van der Waals surface area contributed by atoms with Crippen LogP contribution in [0.1, 0.15) is 47.2 Å². The average Bonchev–Trinajstić information content (AvgIpc) is 2.55. The molecule has 1 aliphatic heterocycles. The molecule has 0 bridgehead atoms. The maximum absolute atomic E-state index is 11.9. The van der Waals surface area contributed by atoms with Crippen molar-refractivity contribution < 1.29 is 9.90 Å². The van der Waals surface area contributed by atoms with E-state index in [-0.39, 0.29) is 11.5 Å². The zero-order chi connectivity index (χ0) is 16.1. The van der Waals surface area contributed by atoms with Crippen LogP contribution >= 0.6 is 0 Å². The van der Waals surface area contributed by atoms with Crippen LogP contribution in [-0.4, -0.2) is 17.4 Å². The fraction of sp³-hybridized carbons (Fsp3) is 0.350. The van der Waals surface area contributed by atoms with Gasteiger partial charge in [0.2, 0.25) is 0 Å². The molecule has 1 heterocycles. The molecule has 23 heavy (non-hydrogen) atoms. The van der Waals surface area contributed by atoms with Crippen LogP contribution < -0.4 is 5.32 Å². The predicted octanol–water partition coefficient (Wildman–Crippen LogP) is 4.35. The van der Waals surface area contributed by atoms with Crippen molar-refractivity contribution in [3.05, 3.63) is 59.2 Å². The number of aryl methyl sites for hydroxylation is 2. The molecule has 0 aromatic heterocycles. The number of fused-ring (bicyclic) bond motifs is 1. The SMILES string of the molecule is O=C1CCNc2cc(CCCCCc3ccccc3)cc(O)c21. The van der Waals surface area contributed by atoms with Crippen molar-refractivity contribution in [1.29, 1.82) is 0 Å². The second kappa shape index (κ2) is 7.32. The monoisotopic (exact) mass is 309 g/mol. The van der Waals surface area contributed by atoms with Crippen molar-refractivity contribution in [3.8, 4) is 5.75 Å². The van der Waals surface area contributed by atoms with E-state index in [1.54, 1.807) is 6.07 Å². The van der Waals surface area contributed by atoms with E-state index in [0.717, 1.165) is 30.5 Å². The van der Waals surface area contributed by atoms with E-state index in [0.29, 0.717) is 18.5 Å². The maximum atomic E-state index is 11.9. The minimum atomic E-state index is 0.0330. The molecule has 0 atom stereocenters.